The normalized spacial score (nSPS) is 26.9. The molecule has 1 saturated heterocycles. The third kappa shape index (κ3) is 3.36. The van der Waals surface area contributed by atoms with Crippen molar-refractivity contribution in [2.45, 2.75) is 39.2 Å². The van der Waals surface area contributed by atoms with Gasteiger partial charge in [0.05, 0.1) is 24.3 Å². The van der Waals surface area contributed by atoms with E-state index in [0.717, 1.165) is 35.2 Å². The summed E-state index contributed by atoms with van der Waals surface area (Å²) < 4.78 is 0. The summed E-state index contributed by atoms with van der Waals surface area (Å²) in [5.74, 6) is -0.732. The first-order valence-electron chi connectivity index (χ1n) is 11.4. The van der Waals surface area contributed by atoms with Gasteiger partial charge in [0.15, 0.2) is 0 Å². The Morgan fingerprint density at radius 1 is 0.906 bits per heavy atom. The minimum absolute atomic E-state index is 0.0392. The summed E-state index contributed by atoms with van der Waals surface area (Å²) in [5, 5.41) is 3.02. The Kier molecular flexibility index (Phi) is 5.20. The van der Waals surface area contributed by atoms with E-state index in [4.69, 9.17) is 0 Å². The monoisotopic (exact) mass is 428 g/mol. The molecule has 0 aromatic heterocycles. The molecule has 6 rings (SSSR count). The first kappa shape index (κ1) is 20.7. The van der Waals surface area contributed by atoms with Crippen LogP contribution >= 0.6 is 0 Å². The van der Waals surface area contributed by atoms with E-state index in [1.54, 1.807) is 0 Å². The van der Waals surface area contributed by atoms with E-state index in [1.165, 1.54) is 4.90 Å². The Morgan fingerprint density at radius 3 is 2.00 bits per heavy atom. The second kappa shape index (κ2) is 8.05. The highest BCUT2D eigenvalue weighted by Crippen LogP contribution is 2.51. The molecule has 0 unspecified atom stereocenters. The third-order valence-corrected chi connectivity index (χ3v) is 7.41. The van der Waals surface area contributed by atoms with Crippen LogP contribution in [0.4, 0.5) is 5.69 Å². The van der Waals surface area contributed by atoms with E-state index in [9.17, 15) is 14.4 Å². The van der Waals surface area contributed by atoms with Gasteiger partial charge in [0, 0.05) is 5.69 Å². The van der Waals surface area contributed by atoms with E-state index in [0.29, 0.717) is 0 Å². The lowest BCUT2D eigenvalue weighted by atomic mass is 9.63. The molecule has 5 atom stereocenters. The SMILES string of the molecule is Cc1cccc(C)c1NC(=O)C[C@H](c1ccccc1)N1C(=O)[C@@H]2[C@@H](C1=O)[C@H]1C=C[C@H]2CC1. The van der Waals surface area contributed by atoms with Gasteiger partial charge in [-0.2, -0.15) is 0 Å². The Hall–Kier alpha value is -3.21. The molecule has 1 aliphatic heterocycles. The highest BCUT2D eigenvalue weighted by Gasteiger charge is 2.58. The van der Waals surface area contributed by atoms with Gasteiger partial charge in [-0.3, -0.25) is 19.3 Å². The number of nitrogens with one attached hydrogen (secondary N) is 1. The van der Waals surface area contributed by atoms with E-state index in [2.05, 4.69) is 17.5 Å². The molecule has 164 valence electrons. The second-order valence-electron chi connectivity index (χ2n) is 9.33. The smallest absolute Gasteiger partial charge is 0.234 e. The van der Waals surface area contributed by atoms with Crippen LogP contribution in [0.5, 0.6) is 0 Å². The van der Waals surface area contributed by atoms with Crippen LogP contribution in [0.25, 0.3) is 0 Å². The number of hydrogen-bond acceptors (Lipinski definition) is 3. The van der Waals surface area contributed by atoms with Crippen LogP contribution in [0.3, 0.4) is 0 Å². The van der Waals surface area contributed by atoms with Gasteiger partial charge in [-0.25, -0.2) is 0 Å². The van der Waals surface area contributed by atoms with Crippen LogP contribution in [0.1, 0.15) is 42.0 Å². The van der Waals surface area contributed by atoms with Crippen molar-refractivity contribution in [3.63, 3.8) is 0 Å². The number of likely N-dealkylation sites (tertiary alicyclic amines) is 1. The number of benzene rings is 2. The van der Waals surface area contributed by atoms with Crippen molar-refractivity contribution in [3.8, 4) is 0 Å². The minimum Gasteiger partial charge on any atom is -0.326 e. The summed E-state index contributed by atoms with van der Waals surface area (Å²) in [6, 6.07) is 14.7. The molecule has 2 aromatic carbocycles. The topological polar surface area (TPSA) is 66.5 Å². The second-order valence-corrected chi connectivity index (χ2v) is 9.33. The number of allylic oxidation sites excluding steroid dienone is 2. The molecule has 1 heterocycles. The highest BCUT2D eigenvalue weighted by atomic mass is 16.2. The van der Waals surface area contributed by atoms with Crippen LogP contribution in [0.15, 0.2) is 60.7 Å². The molecule has 5 nitrogen and oxygen atoms in total. The maximum Gasteiger partial charge on any atom is 0.234 e. The van der Waals surface area contributed by atoms with Gasteiger partial charge in [0.1, 0.15) is 0 Å². The van der Waals surface area contributed by atoms with Crippen molar-refractivity contribution >= 4 is 23.4 Å². The third-order valence-electron chi connectivity index (χ3n) is 7.41. The van der Waals surface area contributed by atoms with E-state index >= 15 is 0 Å². The Labute approximate surface area is 188 Å². The average Bonchev–Trinajstić information content (AvgIpc) is 3.08. The molecule has 3 aliphatic carbocycles. The van der Waals surface area contributed by atoms with Gasteiger partial charge < -0.3 is 5.32 Å². The van der Waals surface area contributed by atoms with Gasteiger partial charge in [-0.1, -0.05) is 60.7 Å². The summed E-state index contributed by atoms with van der Waals surface area (Å²) in [5.41, 5.74) is 3.57. The van der Waals surface area contributed by atoms with Gasteiger partial charge >= 0.3 is 0 Å². The van der Waals surface area contributed by atoms with Gasteiger partial charge in [0.25, 0.3) is 0 Å². The molecule has 2 aromatic rings. The van der Waals surface area contributed by atoms with Gasteiger partial charge in [0.2, 0.25) is 17.7 Å². The molecular formula is C27H28N2O3. The average molecular weight is 429 g/mol. The molecule has 0 radical (unpaired) electrons. The number of hydrogen-bond donors (Lipinski definition) is 1. The van der Waals surface area contributed by atoms with E-state index in [-0.39, 0.29) is 47.8 Å². The fourth-order valence-corrected chi connectivity index (χ4v) is 5.82. The number of carbonyl (C=O) groups is 3. The number of amides is 3. The lowest BCUT2D eigenvalue weighted by Crippen LogP contribution is -2.38. The maximum atomic E-state index is 13.5. The zero-order chi connectivity index (χ0) is 22.4. The first-order chi connectivity index (χ1) is 15.5. The molecular weight excluding hydrogens is 400 g/mol. The number of anilines is 1. The van der Waals surface area contributed by atoms with E-state index < -0.39 is 6.04 Å². The molecule has 4 aliphatic rings. The molecule has 3 amide bonds. The maximum absolute atomic E-state index is 13.5. The molecule has 2 bridgehead atoms. The molecule has 5 heteroatoms. The quantitative estimate of drug-likeness (QED) is 0.560. The fraction of sp³-hybridized carbons (Fsp3) is 0.370. The van der Waals surface area contributed by atoms with Crippen LogP contribution in [-0.4, -0.2) is 22.6 Å². The number of para-hydroxylation sites is 1. The Balaban J connectivity index is 1.45. The Bertz CT molecular complexity index is 1050. The largest absolute Gasteiger partial charge is 0.326 e. The van der Waals surface area contributed by atoms with E-state index in [1.807, 2.05) is 62.4 Å². The molecule has 2 fully saturated rings. The number of nitrogens with zero attached hydrogens (tertiary/aromatic N) is 1. The van der Waals surface area contributed by atoms with Gasteiger partial charge in [-0.15, -0.1) is 0 Å². The lowest BCUT2D eigenvalue weighted by molar-refractivity contribution is -0.143. The van der Waals surface area contributed by atoms with Crippen LogP contribution < -0.4 is 5.32 Å². The predicted molar refractivity (Wildman–Crippen MR) is 123 cm³/mol. The Morgan fingerprint density at radius 2 is 1.47 bits per heavy atom. The lowest BCUT2D eigenvalue weighted by Gasteiger charge is -2.38. The molecule has 1 saturated carbocycles. The van der Waals surface area contributed by atoms with Crippen LogP contribution in [0.2, 0.25) is 0 Å². The molecule has 1 N–H and O–H groups in total. The summed E-state index contributed by atoms with van der Waals surface area (Å²) in [6.07, 6.45) is 6.19. The fourth-order valence-electron chi connectivity index (χ4n) is 5.82. The predicted octanol–water partition coefficient (Wildman–Crippen LogP) is 4.57. The highest BCUT2D eigenvalue weighted by molar-refractivity contribution is 6.07. The molecule has 32 heavy (non-hydrogen) atoms. The summed E-state index contributed by atoms with van der Waals surface area (Å²) in [4.78, 5) is 41.6. The van der Waals surface area contributed by atoms with Crippen LogP contribution in [0, 0.1) is 37.5 Å². The van der Waals surface area contributed by atoms with Crippen molar-refractivity contribution in [2.24, 2.45) is 23.7 Å². The summed E-state index contributed by atoms with van der Waals surface area (Å²) in [6.45, 7) is 3.91. The zero-order valence-electron chi connectivity index (χ0n) is 18.5. The van der Waals surface area contributed by atoms with Crippen molar-refractivity contribution in [2.75, 3.05) is 5.32 Å². The first-order valence-corrected chi connectivity index (χ1v) is 11.4. The van der Waals surface area contributed by atoms with Crippen molar-refractivity contribution in [1.82, 2.24) is 4.90 Å². The van der Waals surface area contributed by atoms with Crippen molar-refractivity contribution < 1.29 is 14.4 Å². The van der Waals surface area contributed by atoms with Crippen LogP contribution in [-0.2, 0) is 14.4 Å². The standard InChI is InChI=1S/C27H28N2O3/c1-16-7-6-8-17(2)25(16)28-22(30)15-21(18-9-4-3-5-10-18)29-26(31)23-19-11-12-20(14-13-19)24(23)27(29)32/h3-12,19-21,23-24H,13-15H2,1-2H3,(H,28,30)/t19-,20-,21+,23-,24-/m0/s1. The van der Waals surface area contributed by atoms with Gasteiger partial charge in [-0.05, 0) is 55.2 Å². The number of imide groups is 1. The number of rotatable bonds is 5. The number of carbonyl (C=O) groups excluding carboxylic acids is 3. The molecule has 0 spiro atoms. The number of aryl methyl sites for hydroxylation is 2. The summed E-state index contributed by atoms with van der Waals surface area (Å²) >= 11 is 0. The van der Waals surface area contributed by atoms with Crippen molar-refractivity contribution in [3.05, 3.63) is 77.4 Å². The zero-order valence-corrected chi connectivity index (χ0v) is 18.5. The minimum atomic E-state index is -0.606. The van der Waals surface area contributed by atoms with Crippen molar-refractivity contribution in [1.29, 1.82) is 0 Å². The number of fused-ring (bicyclic) bond motifs is 1. The summed E-state index contributed by atoms with van der Waals surface area (Å²) in [7, 11) is 0.